The molecule has 2 aromatic carbocycles. The summed E-state index contributed by atoms with van der Waals surface area (Å²) in [5.74, 6) is 0. The van der Waals surface area contributed by atoms with E-state index in [9.17, 15) is 9.59 Å². The molecule has 0 aromatic heterocycles. The lowest BCUT2D eigenvalue weighted by Crippen LogP contribution is -2.44. The van der Waals surface area contributed by atoms with Gasteiger partial charge in [0.25, 0.3) is 0 Å². The molecular weight excluding hydrogens is 427 g/mol. The fourth-order valence-electron chi connectivity index (χ4n) is 2.54. The standard InChI is InChI=1S/C22H26Cl2N2O4/c1-21(2,3)29-19(27)26(20(28)30-22(4,5)6)16-12-8-10-14(18(16)24)13-9-7-11-15(25)17(13)23/h7-12H,25H2,1-6H3. The molecule has 0 aliphatic rings. The second kappa shape index (κ2) is 8.74. The highest BCUT2D eigenvalue weighted by atomic mass is 35.5. The van der Waals surface area contributed by atoms with E-state index in [4.69, 9.17) is 38.4 Å². The van der Waals surface area contributed by atoms with Crippen molar-refractivity contribution >= 4 is 46.8 Å². The Morgan fingerprint density at radius 3 is 1.70 bits per heavy atom. The lowest BCUT2D eigenvalue weighted by Gasteiger charge is -2.29. The number of imide groups is 1. The molecular formula is C22H26Cl2N2O4. The second-order valence-corrected chi connectivity index (χ2v) is 9.40. The SMILES string of the molecule is CC(C)(C)OC(=O)N(C(=O)OC(C)(C)C)c1cccc(-c2cccc(N)c2Cl)c1Cl. The molecule has 0 saturated carbocycles. The Bertz CT molecular complexity index is 935. The van der Waals surface area contributed by atoms with Crippen LogP contribution in [0, 0.1) is 0 Å². The van der Waals surface area contributed by atoms with Gasteiger partial charge < -0.3 is 15.2 Å². The second-order valence-electron chi connectivity index (χ2n) is 8.64. The third-order valence-corrected chi connectivity index (χ3v) is 4.51. The number of nitrogen functional groups attached to an aromatic ring is 1. The Morgan fingerprint density at radius 1 is 0.800 bits per heavy atom. The quantitative estimate of drug-likeness (QED) is 0.499. The molecule has 0 fully saturated rings. The van der Waals surface area contributed by atoms with Gasteiger partial charge >= 0.3 is 12.2 Å². The first-order chi connectivity index (χ1) is 13.7. The van der Waals surface area contributed by atoms with Crippen LogP contribution in [0.4, 0.5) is 21.0 Å². The molecule has 8 heteroatoms. The zero-order valence-corrected chi connectivity index (χ0v) is 19.4. The van der Waals surface area contributed by atoms with E-state index < -0.39 is 23.4 Å². The number of nitrogens with zero attached hydrogens (tertiary/aromatic N) is 1. The van der Waals surface area contributed by atoms with Crippen molar-refractivity contribution in [2.24, 2.45) is 0 Å². The minimum atomic E-state index is -0.908. The Morgan fingerprint density at radius 2 is 1.23 bits per heavy atom. The number of nitrogens with two attached hydrogens (primary N) is 1. The first-order valence-corrected chi connectivity index (χ1v) is 10.1. The maximum atomic E-state index is 12.9. The summed E-state index contributed by atoms with van der Waals surface area (Å²) >= 11 is 13.0. The summed E-state index contributed by atoms with van der Waals surface area (Å²) in [4.78, 5) is 26.6. The van der Waals surface area contributed by atoms with Crippen LogP contribution in [0.25, 0.3) is 11.1 Å². The van der Waals surface area contributed by atoms with Crippen molar-refractivity contribution in [2.45, 2.75) is 52.7 Å². The fourth-order valence-corrected chi connectivity index (χ4v) is 3.08. The first-order valence-electron chi connectivity index (χ1n) is 9.30. The van der Waals surface area contributed by atoms with Gasteiger partial charge in [-0.15, -0.1) is 0 Å². The Balaban J connectivity index is 2.62. The molecule has 0 radical (unpaired) electrons. The van der Waals surface area contributed by atoms with Crippen molar-refractivity contribution in [1.82, 2.24) is 0 Å². The molecule has 0 aliphatic carbocycles. The highest BCUT2D eigenvalue weighted by molar-refractivity contribution is 6.40. The van der Waals surface area contributed by atoms with Crippen LogP contribution in [0.1, 0.15) is 41.5 Å². The van der Waals surface area contributed by atoms with E-state index in [-0.39, 0.29) is 10.7 Å². The van der Waals surface area contributed by atoms with Crippen molar-refractivity contribution < 1.29 is 19.1 Å². The van der Waals surface area contributed by atoms with Gasteiger partial charge in [0.1, 0.15) is 11.2 Å². The van der Waals surface area contributed by atoms with Crippen LogP contribution in [0.15, 0.2) is 36.4 Å². The maximum absolute atomic E-state index is 12.9. The number of hydrogen-bond donors (Lipinski definition) is 1. The smallest absolute Gasteiger partial charge is 0.424 e. The summed E-state index contributed by atoms with van der Waals surface area (Å²) in [7, 11) is 0. The van der Waals surface area contributed by atoms with Crippen molar-refractivity contribution in [2.75, 3.05) is 10.6 Å². The summed E-state index contributed by atoms with van der Waals surface area (Å²) in [5, 5.41) is 0.444. The normalized spacial score (nSPS) is 11.7. The molecule has 162 valence electrons. The van der Waals surface area contributed by atoms with Gasteiger partial charge in [0.15, 0.2) is 0 Å². The number of carbonyl (C=O) groups is 2. The van der Waals surface area contributed by atoms with Gasteiger partial charge in [-0.1, -0.05) is 47.5 Å². The monoisotopic (exact) mass is 452 g/mol. The van der Waals surface area contributed by atoms with Crippen LogP contribution in [0.3, 0.4) is 0 Å². The Hall–Kier alpha value is -2.44. The molecule has 30 heavy (non-hydrogen) atoms. The third kappa shape index (κ3) is 5.80. The number of ether oxygens (including phenoxy) is 2. The lowest BCUT2D eigenvalue weighted by atomic mass is 10.0. The van der Waals surface area contributed by atoms with Gasteiger partial charge in [-0.25, -0.2) is 9.59 Å². The van der Waals surface area contributed by atoms with Gasteiger partial charge in [0.2, 0.25) is 0 Å². The molecule has 0 spiro atoms. The van der Waals surface area contributed by atoms with E-state index in [1.54, 1.807) is 71.9 Å². The lowest BCUT2D eigenvalue weighted by molar-refractivity contribution is 0.0431. The van der Waals surface area contributed by atoms with Crippen molar-refractivity contribution in [3.8, 4) is 11.1 Å². The minimum Gasteiger partial charge on any atom is -0.443 e. The van der Waals surface area contributed by atoms with E-state index in [0.29, 0.717) is 21.8 Å². The predicted molar refractivity (Wildman–Crippen MR) is 121 cm³/mol. The van der Waals surface area contributed by atoms with Crippen molar-refractivity contribution in [3.63, 3.8) is 0 Å². The molecule has 2 amide bonds. The third-order valence-electron chi connectivity index (χ3n) is 3.69. The molecule has 2 rings (SSSR count). The average molecular weight is 453 g/mol. The van der Waals surface area contributed by atoms with Crippen LogP contribution in [0.5, 0.6) is 0 Å². The molecule has 6 nitrogen and oxygen atoms in total. The molecule has 2 N–H and O–H groups in total. The van der Waals surface area contributed by atoms with E-state index in [1.165, 1.54) is 6.07 Å². The Labute approximate surface area is 186 Å². The molecule has 0 saturated heterocycles. The Kier molecular flexibility index (Phi) is 6.94. The highest BCUT2D eigenvalue weighted by Gasteiger charge is 2.34. The number of hydrogen-bond acceptors (Lipinski definition) is 5. The summed E-state index contributed by atoms with van der Waals surface area (Å²) in [6.45, 7) is 10.2. The zero-order valence-electron chi connectivity index (χ0n) is 17.9. The molecule has 0 unspecified atom stereocenters. The first kappa shape index (κ1) is 23.8. The molecule has 2 aromatic rings. The van der Waals surface area contributed by atoms with Crippen LogP contribution < -0.4 is 10.6 Å². The summed E-state index contributed by atoms with van der Waals surface area (Å²) in [6, 6.07) is 10.0. The molecule has 0 bridgehead atoms. The number of rotatable bonds is 2. The topological polar surface area (TPSA) is 81.9 Å². The fraction of sp³-hybridized carbons (Fsp3) is 0.364. The van der Waals surface area contributed by atoms with Crippen LogP contribution in [-0.4, -0.2) is 23.4 Å². The average Bonchev–Trinajstić information content (AvgIpc) is 2.56. The summed E-state index contributed by atoms with van der Waals surface area (Å²) < 4.78 is 10.8. The minimum absolute atomic E-state index is 0.108. The van der Waals surface area contributed by atoms with Gasteiger partial charge in [-0.3, -0.25) is 0 Å². The van der Waals surface area contributed by atoms with E-state index in [1.807, 2.05) is 0 Å². The zero-order chi connectivity index (χ0) is 22.9. The van der Waals surface area contributed by atoms with Crippen molar-refractivity contribution in [3.05, 3.63) is 46.4 Å². The number of amides is 2. The maximum Gasteiger partial charge on any atom is 0.424 e. The molecule has 0 aliphatic heterocycles. The summed E-state index contributed by atoms with van der Waals surface area (Å²) in [5.41, 5.74) is 5.80. The van der Waals surface area contributed by atoms with Gasteiger partial charge in [-0.05, 0) is 53.7 Å². The number of anilines is 2. The predicted octanol–water partition coefficient (Wildman–Crippen LogP) is 6.92. The number of benzene rings is 2. The largest absolute Gasteiger partial charge is 0.443 e. The molecule has 0 atom stereocenters. The molecule has 0 heterocycles. The van der Waals surface area contributed by atoms with Gasteiger partial charge in [0, 0.05) is 11.1 Å². The van der Waals surface area contributed by atoms with E-state index >= 15 is 0 Å². The number of halogens is 2. The summed E-state index contributed by atoms with van der Waals surface area (Å²) in [6.07, 6.45) is -1.82. The number of carbonyl (C=O) groups excluding carboxylic acids is 2. The van der Waals surface area contributed by atoms with Crippen LogP contribution >= 0.6 is 23.2 Å². The highest BCUT2D eigenvalue weighted by Crippen LogP contribution is 2.41. The van der Waals surface area contributed by atoms with Gasteiger partial charge in [-0.2, -0.15) is 4.90 Å². The van der Waals surface area contributed by atoms with Crippen LogP contribution in [-0.2, 0) is 9.47 Å². The van der Waals surface area contributed by atoms with Gasteiger partial charge in [0.05, 0.1) is 21.4 Å². The van der Waals surface area contributed by atoms with Crippen LogP contribution in [0.2, 0.25) is 10.0 Å². The van der Waals surface area contributed by atoms with E-state index in [2.05, 4.69) is 0 Å². The van der Waals surface area contributed by atoms with E-state index in [0.717, 1.165) is 4.90 Å². The van der Waals surface area contributed by atoms with Crippen molar-refractivity contribution in [1.29, 1.82) is 0 Å².